The van der Waals surface area contributed by atoms with Gasteiger partial charge < -0.3 is 14.5 Å². The highest BCUT2D eigenvalue weighted by atomic mass is 16.2. The van der Waals surface area contributed by atoms with E-state index in [1.165, 1.54) is 6.20 Å². The van der Waals surface area contributed by atoms with Crippen LogP contribution >= 0.6 is 0 Å². The normalized spacial score (nSPS) is 20.3. The summed E-state index contributed by atoms with van der Waals surface area (Å²) >= 11 is 0. The van der Waals surface area contributed by atoms with Crippen molar-refractivity contribution in [2.24, 2.45) is 7.05 Å². The molecule has 1 aliphatic carbocycles. The number of likely N-dealkylation sites (tertiary alicyclic amines) is 1. The smallest absolute Gasteiger partial charge is 0.263 e. The second kappa shape index (κ2) is 7.05. The number of nitrogens with zero attached hydrogens (tertiary/aromatic N) is 4. The fourth-order valence-electron chi connectivity index (χ4n) is 3.78. The molecule has 0 aromatic carbocycles. The fraction of sp³-hybridized carbons (Fsp3) is 0.579. The van der Waals surface area contributed by atoms with Crippen LogP contribution in [-0.2, 0) is 13.5 Å². The Hall–Kier alpha value is -2.44. The highest BCUT2D eigenvalue weighted by Crippen LogP contribution is 2.37. The molecule has 3 heterocycles. The van der Waals surface area contributed by atoms with Gasteiger partial charge in [-0.1, -0.05) is 0 Å². The van der Waals surface area contributed by atoms with Crippen molar-refractivity contribution in [3.63, 3.8) is 0 Å². The van der Waals surface area contributed by atoms with Crippen molar-refractivity contribution in [3.8, 4) is 0 Å². The number of imidazole rings is 1. The van der Waals surface area contributed by atoms with Crippen molar-refractivity contribution in [2.45, 2.75) is 56.9 Å². The number of H-pyrrole nitrogens is 1. The van der Waals surface area contributed by atoms with Crippen LogP contribution in [-0.4, -0.2) is 42.9 Å². The lowest BCUT2D eigenvalue weighted by molar-refractivity contribution is 0.0598. The van der Waals surface area contributed by atoms with Gasteiger partial charge in [-0.2, -0.15) is 0 Å². The molecule has 4 rings (SSSR count). The van der Waals surface area contributed by atoms with Gasteiger partial charge in [0.2, 0.25) is 0 Å². The quantitative estimate of drug-likeness (QED) is 0.889. The van der Waals surface area contributed by atoms with Crippen LogP contribution in [0.2, 0.25) is 0 Å². The van der Waals surface area contributed by atoms with Gasteiger partial charge in [0.15, 0.2) is 0 Å². The number of aryl methyl sites for hydroxylation is 2. The Morgan fingerprint density at radius 1 is 1.27 bits per heavy atom. The molecule has 1 amide bonds. The van der Waals surface area contributed by atoms with Crippen molar-refractivity contribution >= 4 is 5.91 Å². The fourth-order valence-corrected chi connectivity index (χ4v) is 3.78. The molecule has 1 atom stereocenters. The summed E-state index contributed by atoms with van der Waals surface area (Å²) in [5, 5.41) is 0. The molecule has 2 fully saturated rings. The maximum atomic E-state index is 13.0. The molecule has 1 saturated carbocycles. The summed E-state index contributed by atoms with van der Waals surface area (Å²) < 4.78 is 2.01. The van der Waals surface area contributed by atoms with Crippen LogP contribution in [0.4, 0.5) is 0 Å². The maximum Gasteiger partial charge on any atom is 0.263 e. The van der Waals surface area contributed by atoms with E-state index in [9.17, 15) is 9.59 Å². The number of nitrogens with one attached hydrogen (secondary N) is 1. The molecule has 0 spiro atoms. The number of hydrogen-bond donors (Lipinski definition) is 1. The molecule has 1 unspecified atom stereocenters. The molecule has 7 heteroatoms. The predicted octanol–water partition coefficient (Wildman–Crippen LogP) is 2.01. The van der Waals surface area contributed by atoms with Crippen molar-refractivity contribution < 1.29 is 4.79 Å². The van der Waals surface area contributed by atoms with E-state index in [2.05, 4.69) is 15.0 Å². The summed E-state index contributed by atoms with van der Waals surface area (Å²) in [4.78, 5) is 38.8. The highest BCUT2D eigenvalue weighted by Gasteiger charge is 2.31. The van der Waals surface area contributed by atoms with Crippen LogP contribution in [0.15, 0.2) is 23.4 Å². The van der Waals surface area contributed by atoms with Crippen LogP contribution in [0.5, 0.6) is 0 Å². The van der Waals surface area contributed by atoms with Crippen LogP contribution in [0.25, 0.3) is 0 Å². The number of rotatable bonds is 5. The van der Waals surface area contributed by atoms with Gasteiger partial charge in [-0.15, -0.1) is 0 Å². The average molecular weight is 355 g/mol. The van der Waals surface area contributed by atoms with Gasteiger partial charge in [0, 0.05) is 50.6 Å². The van der Waals surface area contributed by atoms with Crippen molar-refractivity contribution in [1.29, 1.82) is 0 Å². The molecule has 26 heavy (non-hydrogen) atoms. The monoisotopic (exact) mass is 355 g/mol. The SMILES string of the molecule is Cn1ccnc1CCC1CCCCN1C(=O)c1cnc(C2CC2)[nH]c1=O. The zero-order valence-electron chi connectivity index (χ0n) is 15.1. The molecular weight excluding hydrogens is 330 g/mol. The molecule has 2 aromatic rings. The van der Waals surface area contributed by atoms with Crippen molar-refractivity contribution in [3.05, 3.63) is 46.2 Å². The van der Waals surface area contributed by atoms with Crippen LogP contribution in [0.3, 0.4) is 0 Å². The van der Waals surface area contributed by atoms with Crippen LogP contribution in [0.1, 0.15) is 66.4 Å². The third-order valence-corrected chi connectivity index (χ3v) is 5.52. The van der Waals surface area contributed by atoms with Gasteiger partial charge in [-0.25, -0.2) is 9.97 Å². The number of piperidine rings is 1. The number of hydrogen-bond acceptors (Lipinski definition) is 4. The van der Waals surface area contributed by atoms with Crippen molar-refractivity contribution in [2.75, 3.05) is 6.54 Å². The third kappa shape index (κ3) is 3.43. The molecule has 0 radical (unpaired) electrons. The Labute approximate surface area is 152 Å². The van der Waals surface area contributed by atoms with Gasteiger partial charge in [-0.05, 0) is 38.5 Å². The Morgan fingerprint density at radius 3 is 2.81 bits per heavy atom. The predicted molar refractivity (Wildman–Crippen MR) is 97.0 cm³/mol. The van der Waals surface area contributed by atoms with Gasteiger partial charge in [0.25, 0.3) is 11.5 Å². The first-order valence-corrected chi connectivity index (χ1v) is 9.50. The number of carbonyl (C=O) groups excluding carboxylic acids is 1. The molecule has 0 bridgehead atoms. The molecular formula is C19H25N5O2. The summed E-state index contributed by atoms with van der Waals surface area (Å²) in [6.45, 7) is 0.702. The number of aromatic amines is 1. The highest BCUT2D eigenvalue weighted by molar-refractivity contribution is 5.93. The topological polar surface area (TPSA) is 83.9 Å². The lowest BCUT2D eigenvalue weighted by Gasteiger charge is -2.35. The van der Waals surface area contributed by atoms with Gasteiger partial charge in [-0.3, -0.25) is 9.59 Å². The minimum atomic E-state index is -0.305. The molecule has 1 saturated heterocycles. The Bertz CT molecular complexity index is 852. The number of carbonyl (C=O) groups is 1. The zero-order chi connectivity index (χ0) is 18.1. The Kier molecular flexibility index (Phi) is 4.61. The van der Waals surface area contributed by atoms with Gasteiger partial charge >= 0.3 is 0 Å². The number of amides is 1. The second-order valence-corrected chi connectivity index (χ2v) is 7.43. The van der Waals surface area contributed by atoms with E-state index in [0.29, 0.717) is 12.5 Å². The molecule has 1 aliphatic heterocycles. The van der Waals surface area contributed by atoms with Crippen LogP contribution < -0.4 is 5.56 Å². The summed E-state index contributed by atoms with van der Waals surface area (Å²) in [6.07, 6.45) is 12.1. The summed E-state index contributed by atoms with van der Waals surface area (Å²) in [5.41, 5.74) is -0.140. The first-order chi connectivity index (χ1) is 12.6. The van der Waals surface area contributed by atoms with E-state index in [-0.39, 0.29) is 23.1 Å². The van der Waals surface area contributed by atoms with Crippen molar-refractivity contribution in [1.82, 2.24) is 24.4 Å². The Morgan fingerprint density at radius 2 is 2.12 bits per heavy atom. The lowest BCUT2D eigenvalue weighted by Crippen LogP contribution is -2.45. The summed E-state index contributed by atoms with van der Waals surface area (Å²) in [7, 11) is 1.98. The average Bonchev–Trinajstić information content (AvgIpc) is 3.42. The first kappa shape index (κ1) is 17.0. The van der Waals surface area contributed by atoms with E-state index < -0.39 is 0 Å². The van der Waals surface area contributed by atoms with Crippen LogP contribution in [0, 0.1) is 0 Å². The largest absolute Gasteiger partial charge is 0.338 e. The lowest BCUT2D eigenvalue weighted by atomic mass is 9.97. The van der Waals surface area contributed by atoms with E-state index in [4.69, 9.17) is 0 Å². The molecule has 2 aromatic heterocycles. The van der Waals surface area contributed by atoms with E-state index >= 15 is 0 Å². The standard InChI is InChI=1S/C19H25N5O2/c1-23-11-9-20-16(23)8-7-14-4-2-3-10-24(14)19(26)15-12-21-17(13-5-6-13)22-18(15)25/h9,11-14H,2-8,10H2,1H3,(H,21,22,25). The molecule has 2 aliphatic rings. The van der Waals surface area contributed by atoms with Gasteiger partial charge in [0.05, 0.1) is 0 Å². The maximum absolute atomic E-state index is 13.0. The second-order valence-electron chi connectivity index (χ2n) is 7.43. The zero-order valence-corrected chi connectivity index (χ0v) is 15.1. The van der Waals surface area contributed by atoms with E-state index in [0.717, 1.165) is 56.6 Å². The minimum absolute atomic E-state index is 0.149. The van der Waals surface area contributed by atoms with E-state index in [1.807, 2.05) is 22.7 Å². The first-order valence-electron chi connectivity index (χ1n) is 9.50. The third-order valence-electron chi connectivity index (χ3n) is 5.52. The minimum Gasteiger partial charge on any atom is -0.338 e. The van der Waals surface area contributed by atoms with Gasteiger partial charge in [0.1, 0.15) is 17.2 Å². The summed E-state index contributed by atoms with van der Waals surface area (Å²) in [5.74, 6) is 1.92. The summed E-state index contributed by atoms with van der Waals surface area (Å²) in [6, 6.07) is 0.149. The molecule has 138 valence electrons. The Balaban J connectivity index is 1.49. The molecule has 1 N–H and O–H groups in total. The van der Waals surface area contributed by atoms with E-state index in [1.54, 1.807) is 6.20 Å². The molecule has 7 nitrogen and oxygen atoms in total. The number of aromatic nitrogens is 4.